The molecule has 2 aliphatic rings. The number of carbonyl (C=O) groups excluding carboxylic acids is 1. The number of nitriles is 1. The number of benzene rings is 1. The molecule has 0 bridgehead atoms. The Hall–Kier alpha value is -3.75. The number of hydrogen-bond acceptors (Lipinski definition) is 6. The highest BCUT2D eigenvalue weighted by Gasteiger charge is 2.41. The summed E-state index contributed by atoms with van der Waals surface area (Å²) in [7, 11) is 0.0663. The van der Waals surface area contributed by atoms with Gasteiger partial charge in [-0.3, -0.25) is 0 Å². The molecule has 3 aromatic rings. The number of rotatable bonds is 8. The SMILES string of the molecule is COc1ccc(F)cc1-c1c(F)cnc2c1c(C#N)c(C1=CC3CN(C(=O)OC(C)(C)C)CC3C1)n2COCC[Si](C)(C)C. The lowest BCUT2D eigenvalue weighted by Crippen LogP contribution is -2.35. The van der Waals surface area contributed by atoms with E-state index < -0.39 is 25.3 Å². The van der Waals surface area contributed by atoms with E-state index in [1.807, 2.05) is 25.3 Å². The number of methoxy groups -OCH3 is 1. The highest BCUT2D eigenvalue weighted by atomic mass is 28.3. The van der Waals surface area contributed by atoms with Gasteiger partial charge >= 0.3 is 6.09 Å². The van der Waals surface area contributed by atoms with Crippen LogP contribution in [0, 0.1) is 34.8 Å². The second-order valence-electron chi connectivity index (χ2n) is 13.8. The van der Waals surface area contributed by atoms with E-state index in [-0.39, 0.29) is 52.5 Å². The number of allylic oxidation sites excluding steroid dienone is 1. The second kappa shape index (κ2) is 12.0. The number of amides is 1. The van der Waals surface area contributed by atoms with E-state index in [9.17, 15) is 14.4 Å². The Labute approximate surface area is 258 Å². The van der Waals surface area contributed by atoms with Gasteiger partial charge in [-0.05, 0) is 62.9 Å². The van der Waals surface area contributed by atoms with Gasteiger partial charge < -0.3 is 23.7 Å². The molecule has 0 radical (unpaired) electrons. The smallest absolute Gasteiger partial charge is 0.410 e. The third-order valence-corrected chi connectivity index (χ3v) is 9.83. The van der Waals surface area contributed by atoms with Gasteiger partial charge in [0.1, 0.15) is 41.4 Å². The number of nitrogens with zero attached hydrogens (tertiary/aromatic N) is 4. The van der Waals surface area contributed by atoms with Crippen molar-refractivity contribution >= 4 is 30.8 Å². The van der Waals surface area contributed by atoms with E-state index in [1.54, 1.807) is 4.90 Å². The molecule has 0 N–H and O–H groups in total. The molecule has 5 rings (SSSR count). The number of aromatic nitrogens is 2. The van der Waals surface area contributed by atoms with E-state index >= 15 is 4.39 Å². The number of pyridine rings is 1. The van der Waals surface area contributed by atoms with Crippen molar-refractivity contribution in [3.8, 4) is 22.9 Å². The van der Waals surface area contributed by atoms with Crippen molar-refractivity contribution < 1.29 is 27.8 Å². The van der Waals surface area contributed by atoms with Crippen LogP contribution in [0.15, 0.2) is 30.5 Å². The van der Waals surface area contributed by atoms with Gasteiger partial charge in [0, 0.05) is 50.2 Å². The number of ether oxygens (including phenoxy) is 3. The van der Waals surface area contributed by atoms with E-state index in [0.717, 1.165) is 17.8 Å². The minimum Gasteiger partial charge on any atom is -0.496 e. The van der Waals surface area contributed by atoms with Crippen LogP contribution in [0.25, 0.3) is 27.7 Å². The van der Waals surface area contributed by atoms with Crippen LogP contribution >= 0.6 is 0 Å². The summed E-state index contributed by atoms with van der Waals surface area (Å²) in [5.41, 5.74) is 1.83. The highest BCUT2D eigenvalue weighted by molar-refractivity contribution is 6.76. The molecule has 0 saturated carbocycles. The zero-order valence-corrected chi connectivity index (χ0v) is 27.5. The highest BCUT2D eigenvalue weighted by Crippen LogP contribution is 2.46. The zero-order chi connectivity index (χ0) is 32.0. The summed E-state index contributed by atoms with van der Waals surface area (Å²) in [6.45, 7) is 14.0. The van der Waals surface area contributed by atoms with Crippen molar-refractivity contribution in [2.75, 3.05) is 26.8 Å². The number of hydrogen-bond donors (Lipinski definition) is 0. The molecule has 44 heavy (non-hydrogen) atoms. The summed E-state index contributed by atoms with van der Waals surface area (Å²) >= 11 is 0. The van der Waals surface area contributed by atoms with Crippen LogP contribution in [0.2, 0.25) is 25.7 Å². The van der Waals surface area contributed by atoms with E-state index in [0.29, 0.717) is 37.5 Å². The van der Waals surface area contributed by atoms with E-state index in [1.165, 1.54) is 25.3 Å². The minimum absolute atomic E-state index is 0.0555. The Bertz CT molecular complexity index is 1670. The first-order chi connectivity index (χ1) is 20.7. The Kier molecular flexibility index (Phi) is 8.62. The molecule has 2 unspecified atom stereocenters. The summed E-state index contributed by atoms with van der Waals surface area (Å²) in [4.78, 5) is 18.9. The maximum atomic E-state index is 15.7. The summed E-state index contributed by atoms with van der Waals surface area (Å²) in [6.07, 6.45) is 3.49. The third kappa shape index (κ3) is 6.37. The molecular weight excluding hydrogens is 582 g/mol. The molecule has 0 spiro atoms. The van der Waals surface area contributed by atoms with Gasteiger partial charge in [0.25, 0.3) is 0 Å². The largest absolute Gasteiger partial charge is 0.496 e. The fourth-order valence-corrected chi connectivity index (χ4v) is 6.84. The van der Waals surface area contributed by atoms with Crippen molar-refractivity contribution in [1.82, 2.24) is 14.5 Å². The molecule has 1 aliphatic heterocycles. The molecule has 2 aromatic heterocycles. The van der Waals surface area contributed by atoms with Gasteiger partial charge in [0.2, 0.25) is 0 Å². The third-order valence-electron chi connectivity index (χ3n) is 8.13. The normalized spacial score (nSPS) is 18.4. The molecule has 2 atom stereocenters. The maximum Gasteiger partial charge on any atom is 0.410 e. The van der Waals surface area contributed by atoms with Crippen LogP contribution in [0.4, 0.5) is 13.6 Å². The standard InChI is InChI=1S/C33H40F2N4O4Si/c1-33(2,3)43-32(40)38-17-21-12-20(13-22(21)18-38)30-25(15-36)29-28(24-14-23(34)8-9-27(24)41-4)26(35)16-37-31(29)39(30)19-42-10-11-44(5,6)7/h8-9,12,14,16,21-22H,10-11,13,17-19H2,1-7H3. The van der Waals surface area contributed by atoms with Crippen molar-refractivity contribution in [2.45, 2.75) is 65.2 Å². The predicted octanol–water partition coefficient (Wildman–Crippen LogP) is 7.44. The molecule has 3 heterocycles. The molecular formula is C33H40F2N4O4Si. The first-order valence-electron chi connectivity index (χ1n) is 14.9. The molecule has 234 valence electrons. The second-order valence-corrected chi connectivity index (χ2v) is 19.5. The lowest BCUT2D eigenvalue weighted by atomic mass is 9.96. The Morgan fingerprint density at radius 3 is 2.59 bits per heavy atom. The average Bonchev–Trinajstić information content (AvgIpc) is 3.59. The Balaban J connectivity index is 1.62. The maximum absolute atomic E-state index is 15.7. The predicted molar refractivity (Wildman–Crippen MR) is 168 cm³/mol. The zero-order valence-electron chi connectivity index (χ0n) is 26.5. The van der Waals surface area contributed by atoms with Gasteiger partial charge in [0.05, 0.1) is 24.6 Å². The van der Waals surface area contributed by atoms with Crippen molar-refractivity contribution in [2.24, 2.45) is 11.8 Å². The van der Waals surface area contributed by atoms with Crippen LogP contribution in [-0.4, -0.2) is 61.0 Å². The molecule has 8 nitrogen and oxygen atoms in total. The van der Waals surface area contributed by atoms with Crippen LogP contribution < -0.4 is 4.74 Å². The van der Waals surface area contributed by atoms with Crippen LogP contribution in [0.1, 0.15) is 38.4 Å². The Morgan fingerprint density at radius 2 is 1.95 bits per heavy atom. The topological polar surface area (TPSA) is 89.6 Å². The van der Waals surface area contributed by atoms with Gasteiger partial charge in [-0.25, -0.2) is 18.6 Å². The molecule has 1 saturated heterocycles. The fourth-order valence-electron chi connectivity index (χ4n) is 6.08. The summed E-state index contributed by atoms with van der Waals surface area (Å²) in [6, 6.07) is 7.17. The lowest BCUT2D eigenvalue weighted by molar-refractivity contribution is 0.0285. The van der Waals surface area contributed by atoms with Gasteiger partial charge in [-0.1, -0.05) is 25.7 Å². The van der Waals surface area contributed by atoms with E-state index in [4.69, 9.17) is 14.2 Å². The first kappa shape index (κ1) is 31.7. The van der Waals surface area contributed by atoms with Crippen LogP contribution in [-0.2, 0) is 16.2 Å². The first-order valence-corrected chi connectivity index (χ1v) is 18.6. The molecule has 1 amide bonds. The minimum atomic E-state index is -1.37. The van der Waals surface area contributed by atoms with Crippen molar-refractivity contribution in [3.63, 3.8) is 0 Å². The summed E-state index contributed by atoms with van der Waals surface area (Å²) < 4.78 is 49.3. The number of likely N-dealkylation sites (tertiary alicyclic amines) is 1. The van der Waals surface area contributed by atoms with Gasteiger partial charge in [-0.15, -0.1) is 0 Å². The molecule has 1 fully saturated rings. The Morgan fingerprint density at radius 1 is 1.20 bits per heavy atom. The van der Waals surface area contributed by atoms with Crippen LogP contribution in [0.3, 0.4) is 0 Å². The number of halogens is 2. The average molecular weight is 623 g/mol. The van der Waals surface area contributed by atoms with Gasteiger partial charge in [-0.2, -0.15) is 5.26 Å². The number of fused-ring (bicyclic) bond motifs is 2. The fraction of sp³-hybridized carbons (Fsp3) is 0.485. The van der Waals surface area contributed by atoms with Crippen molar-refractivity contribution in [3.05, 3.63) is 53.4 Å². The van der Waals surface area contributed by atoms with E-state index in [2.05, 4.69) is 36.8 Å². The molecule has 11 heteroatoms. The van der Waals surface area contributed by atoms with Gasteiger partial charge in [0.15, 0.2) is 0 Å². The summed E-state index contributed by atoms with van der Waals surface area (Å²) in [5, 5.41) is 10.9. The quantitative estimate of drug-likeness (QED) is 0.192. The van der Waals surface area contributed by atoms with Crippen LogP contribution in [0.5, 0.6) is 5.75 Å². The molecule has 1 aliphatic carbocycles. The number of carbonyl (C=O) groups is 1. The lowest BCUT2D eigenvalue weighted by Gasteiger charge is -2.24. The monoisotopic (exact) mass is 622 g/mol. The summed E-state index contributed by atoms with van der Waals surface area (Å²) in [5.74, 6) is -0.740. The molecule has 1 aromatic carbocycles. The van der Waals surface area contributed by atoms with Crippen molar-refractivity contribution in [1.29, 1.82) is 5.26 Å².